The highest BCUT2D eigenvalue weighted by Gasteiger charge is 2.05. The molecule has 0 unspecified atom stereocenters. The first-order chi connectivity index (χ1) is 7.63. The van der Waals surface area contributed by atoms with Crippen LogP contribution in [0.1, 0.15) is 19.7 Å². The Bertz CT molecular complexity index is 374. The van der Waals surface area contributed by atoms with Crippen LogP contribution in [0.15, 0.2) is 6.33 Å². The van der Waals surface area contributed by atoms with Crippen LogP contribution in [-0.4, -0.2) is 33.1 Å². The average molecular weight is 225 g/mol. The Morgan fingerprint density at radius 2 is 2.19 bits per heavy atom. The third-order valence-electron chi connectivity index (χ3n) is 1.98. The summed E-state index contributed by atoms with van der Waals surface area (Å²) < 4.78 is 1.83. The Labute approximate surface area is 93.2 Å². The lowest BCUT2D eigenvalue weighted by Gasteiger charge is -2.06. The van der Waals surface area contributed by atoms with Crippen molar-refractivity contribution in [1.29, 1.82) is 0 Å². The number of nitrogens with one attached hydrogen (secondary N) is 2. The van der Waals surface area contributed by atoms with Crippen LogP contribution in [-0.2, 0) is 22.7 Å². The molecule has 2 N–H and O–H groups in total. The van der Waals surface area contributed by atoms with Crippen LogP contribution in [0, 0.1) is 0 Å². The fourth-order valence-corrected chi connectivity index (χ4v) is 1.12. The van der Waals surface area contributed by atoms with Crippen LogP contribution in [0.2, 0.25) is 0 Å². The fraction of sp³-hybridized carbons (Fsp3) is 0.556. The normalized spacial score (nSPS) is 9.88. The van der Waals surface area contributed by atoms with Crippen molar-refractivity contribution in [3.63, 3.8) is 0 Å². The zero-order chi connectivity index (χ0) is 12.0. The quantitative estimate of drug-likeness (QED) is 0.676. The summed E-state index contributed by atoms with van der Waals surface area (Å²) in [7, 11) is 0. The molecule has 1 rings (SSSR count). The molecule has 2 amide bonds. The first kappa shape index (κ1) is 12.2. The molecule has 16 heavy (non-hydrogen) atoms. The maximum atomic E-state index is 11.3. The molecular formula is C9H15N5O2. The topological polar surface area (TPSA) is 88.9 Å². The minimum atomic E-state index is -0.249. The Hall–Kier alpha value is -1.92. The molecule has 1 aromatic rings. The molecule has 1 heterocycles. The average Bonchev–Trinajstić information content (AvgIpc) is 2.70. The van der Waals surface area contributed by atoms with Gasteiger partial charge in [0.05, 0.1) is 13.1 Å². The van der Waals surface area contributed by atoms with Crippen LogP contribution >= 0.6 is 0 Å². The summed E-state index contributed by atoms with van der Waals surface area (Å²) in [5, 5.41) is 12.7. The number of hydrogen-bond donors (Lipinski definition) is 2. The van der Waals surface area contributed by atoms with E-state index < -0.39 is 0 Å². The highest BCUT2D eigenvalue weighted by molar-refractivity contribution is 5.83. The molecule has 1 aromatic heterocycles. The maximum Gasteiger partial charge on any atom is 0.239 e. The van der Waals surface area contributed by atoms with Gasteiger partial charge in [0.2, 0.25) is 11.8 Å². The SMILES string of the molecule is CCn1cnnc1CNC(=O)CNC(C)=O. The lowest BCUT2D eigenvalue weighted by atomic mass is 10.5. The molecule has 7 heteroatoms. The number of aromatic nitrogens is 3. The van der Waals surface area contributed by atoms with Gasteiger partial charge >= 0.3 is 0 Å². The summed E-state index contributed by atoms with van der Waals surface area (Å²) >= 11 is 0. The lowest BCUT2D eigenvalue weighted by Crippen LogP contribution is -2.36. The van der Waals surface area contributed by atoms with Gasteiger partial charge in [-0.15, -0.1) is 10.2 Å². The summed E-state index contributed by atoms with van der Waals surface area (Å²) in [5.41, 5.74) is 0. The van der Waals surface area contributed by atoms with E-state index in [4.69, 9.17) is 0 Å². The lowest BCUT2D eigenvalue weighted by molar-refractivity contribution is -0.125. The Morgan fingerprint density at radius 1 is 1.44 bits per heavy atom. The Kier molecular flexibility index (Phi) is 4.43. The number of rotatable bonds is 5. The number of amides is 2. The van der Waals surface area contributed by atoms with Gasteiger partial charge < -0.3 is 15.2 Å². The molecule has 88 valence electrons. The van der Waals surface area contributed by atoms with Crippen molar-refractivity contribution in [3.05, 3.63) is 12.2 Å². The predicted molar refractivity (Wildman–Crippen MR) is 56.2 cm³/mol. The van der Waals surface area contributed by atoms with Gasteiger partial charge in [0.15, 0.2) is 5.82 Å². The first-order valence-corrected chi connectivity index (χ1v) is 5.01. The van der Waals surface area contributed by atoms with Crippen molar-refractivity contribution >= 4 is 11.8 Å². The van der Waals surface area contributed by atoms with Gasteiger partial charge in [0.1, 0.15) is 6.33 Å². The zero-order valence-electron chi connectivity index (χ0n) is 9.36. The molecule has 0 fully saturated rings. The number of aryl methyl sites for hydroxylation is 1. The molecule has 0 spiro atoms. The second-order valence-corrected chi connectivity index (χ2v) is 3.22. The van der Waals surface area contributed by atoms with Crippen LogP contribution in [0.3, 0.4) is 0 Å². The molecule has 0 aliphatic rings. The van der Waals surface area contributed by atoms with Crippen molar-refractivity contribution < 1.29 is 9.59 Å². The minimum absolute atomic E-state index is 0.0183. The number of hydrogen-bond acceptors (Lipinski definition) is 4. The van der Waals surface area contributed by atoms with Gasteiger partial charge in [-0.3, -0.25) is 9.59 Å². The summed E-state index contributed by atoms with van der Waals surface area (Å²) in [6.45, 7) is 4.37. The highest BCUT2D eigenvalue weighted by atomic mass is 16.2. The zero-order valence-corrected chi connectivity index (χ0v) is 9.36. The van der Waals surface area contributed by atoms with Gasteiger partial charge in [-0.2, -0.15) is 0 Å². The molecule has 0 radical (unpaired) electrons. The standard InChI is InChI=1S/C9H15N5O2/c1-3-14-6-12-13-8(14)4-11-9(16)5-10-7(2)15/h6H,3-5H2,1-2H3,(H,10,15)(H,11,16). The summed E-state index contributed by atoms with van der Waals surface area (Å²) in [6, 6.07) is 0. The molecule has 0 aliphatic carbocycles. The van der Waals surface area contributed by atoms with E-state index in [1.165, 1.54) is 6.92 Å². The van der Waals surface area contributed by atoms with Crippen LogP contribution in [0.5, 0.6) is 0 Å². The van der Waals surface area contributed by atoms with Gasteiger partial charge in [0.25, 0.3) is 0 Å². The molecule has 0 saturated heterocycles. The number of carbonyl (C=O) groups is 2. The van der Waals surface area contributed by atoms with E-state index in [-0.39, 0.29) is 18.4 Å². The summed E-state index contributed by atoms with van der Waals surface area (Å²) in [4.78, 5) is 21.8. The maximum absolute atomic E-state index is 11.3. The van der Waals surface area contributed by atoms with Crippen molar-refractivity contribution in [1.82, 2.24) is 25.4 Å². The van der Waals surface area contributed by atoms with Crippen molar-refractivity contribution in [3.8, 4) is 0 Å². The summed E-state index contributed by atoms with van der Waals surface area (Å²) in [5.74, 6) is 0.214. The van der Waals surface area contributed by atoms with Gasteiger partial charge in [-0.1, -0.05) is 0 Å². The Balaban J connectivity index is 2.34. The molecular weight excluding hydrogens is 210 g/mol. The van der Waals surface area contributed by atoms with E-state index in [1.807, 2.05) is 11.5 Å². The molecule has 0 bridgehead atoms. The minimum Gasteiger partial charge on any atom is -0.347 e. The van der Waals surface area contributed by atoms with E-state index in [9.17, 15) is 9.59 Å². The van der Waals surface area contributed by atoms with Crippen LogP contribution < -0.4 is 10.6 Å². The van der Waals surface area contributed by atoms with E-state index in [0.29, 0.717) is 12.4 Å². The summed E-state index contributed by atoms with van der Waals surface area (Å²) in [6.07, 6.45) is 1.61. The molecule has 0 saturated carbocycles. The van der Waals surface area contributed by atoms with Crippen molar-refractivity contribution in [2.75, 3.05) is 6.54 Å². The number of carbonyl (C=O) groups excluding carboxylic acids is 2. The second-order valence-electron chi connectivity index (χ2n) is 3.22. The van der Waals surface area contributed by atoms with E-state index in [1.54, 1.807) is 6.33 Å². The number of nitrogens with zero attached hydrogens (tertiary/aromatic N) is 3. The fourth-order valence-electron chi connectivity index (χ4n) is 1.12. The third-order valence-corrected chi connectivity index (χ3v) is 1.98. The highest BCUT2D eigenvalue weighted by Crippen LogP contribution is 1.93. The van der Waals surface area contributed by atoms with Gasteiger partial charge in [-0.25, -0.2) is 0 Å². The van der Waals surface area contributed by atoms with Gasteiger partial charge in [-0.05, 0) is 6.92 Å². The molecule has 0 atom stereocenters. The van der Waals surface area contributed by atoms with E-state index in [2.05, 4.69) is 20.8 Å². The predicted octanol–water partition coefficient (Wildman–Crippen LogP) is -0.950. The Morgan fingerprint density at radius 3 is 2.81 bits per heavy atom. The smallest absolute Gasteiger partial charge is 0.239 e. The third kappa shape index (κ3) is 3.68. The van der Waals surface area contributed by atoms with Crippen molar-refractivity contribution in [2.45, 2.75) is 26.9 Å². The van der Waals surface area contributed by atoms with Gasteiger partial charge in [0, 0.05) is 13.5 Å². The van der Waals surface area contributed by atoms with Crippen LogP contribution in [0.4, 0.5) is 0 Å². The molecule has 7 nitrogen and oxygen atoms in total. The molecule has 0 aromatic carbocycles. The second kappa shape index (κ2) is 5.84. The largest absolute Gasteiger partial charge is 0.347 e. The van der Waals surface area contributed by atoms with E-state index >= 15 is 0 Å². The molecule has 0 aliphatic heterocycles. The van der Waals surface area contributed by atoms with Crippen molar-refractivity contribution in [2.24, 2.45) is 0 Å². The van der Waals surface area contributed by atoms with E-state index in [0.717, 1.165) is 6.54 Å². The monoisotopic (exact) mass is 225 g/mol. The first-order valence-electron chi connectivity index (χ1n) is 5.01. The van der Waals surface area contributed by atoms with Crippen LogP contribution in [0.25, 0.3) is 0 Å².